The van der Waals surface area contributed by atoms with Crippen molar-refractivity contribution in [2.24, 2.45) is 17.8 Å². The van der Waals surface area contributed by atoms with Crippen LogP contribution in [-0.4, -0.2) is 11.1 Å². The van der Waals surface area contributed by atoms with Gasteiger partial charge in [0, 0.05) is 0 Å². The number of carbonyl (C=O) groups is 1. The summed E-state index contributed by atoms with van der Waals surface area (Å²) in [5.41, 5.74) is 2.68. The highest BCUT2D eigenvalue weighted by atomic mass is 16.4. The summed E-state index contributed by atoms with van der Waals surface area (Å²) in [7, 11) is 0. The van der Waals surface area contributed by atoms with Crippen molar-refractivity contribution < 1.29 is 9.90 Å². The average Bonchev–Trinajstić information content (AvgIpc) is 2.74. The van der Waals surface area contributed by atoms with E-state index in [0.717, 1.165) is 37.5 Å². The molecule has 0 bridgehead atoms. The van der Waals surface area contributed by atoms with Crippen LogP contribution in [-0.2, 0) is 4.79 Å². The molecule has 0 aliphatic heterocycles. The summed E-state index contributed by atoms with van der Waals surface area (Å²) in [4.78, 5) is 11.1. The van der Waals surface area contributed by atoms with Crippen LogP contribution in [0.15, 0.2) is 30.3 Å². The lowest BCUT2D eigenvalue weighted by Crippen LogP contribution is -2.20. The minimum atomic E-state index is -0.617. The average molecular weight is 383 g/mol. The van der Waals surface area contributed by atoms with Crippen molar-refractivity contribution in [2.75, 3.05) is 0 Å². The minimum absolute atomic E-state index is 0.125. The van der Waals surface area contributed by atoms with Gasteiger partial charge >= 0.3 is 5.97 Å². The summed E-state index contributed by atoms with van der Waals surface area (Å²) < 4.78 is 0. The summed E-state index contributed by atoms with van der Waals surface area (Å²) in [6.07, 6.45) is 19.6. The topological polar surface area (TPSA) is 37.3 Å². The normalized spacial score (nSPS) is 28.5. The molecule has 1 aromatic carbocycles. The Kier molecular flexibility index (Phi) is 8.18. The van der Waals surface area contributed by atoms with Gasteiger partial charge < -0.3 is 5.11 Å². The summed E-state index contributed by atoms with van der Waals surface area (Å²) >= 11 is 0. The summed E-state index contributed by atoms with van der Waals surface area (Å²) in [5.74, 6) is 1.53. The second-order valence-electron chi connectivity index (χ2n) is 9.19. The van der Waals surface area contributed by atoms with Gasteiger partial charge in [-0.05, 0) is 80.2 Å². The van der Waals surface area contributed by atoms with E-state index >= 15 is 0 Å². The number of aliphatic carboxylic acids is 1. The highest BCUT2D eigenvalue weighted by Crippen LogP contribution is 2.36. The van der Waals surface area contributed by atoms with E-state index in [2.05, 4.69) is 43.3 Å². The highest BCUT2D eigenvalue weighted by molar-refractivity contribution is 5.70. The maximum Gasteiger partial charge on any atom is 0.306 e. The fraction of sp³-hybridized carbons (Fsp3) is 0.654. The molecule has 1 aromatic rings. The zero-order chi connectivity index (χ0) is 19.8. The molecule has 2 fully saturated rings. The van der Waals surface area contributed by atoms with Gasteiger partial charge in [-0.3, -0.25) is 4.79 Å². The first-order valence-corrected chi connectivity index (χ1v) is 11.7. The Balaban J connectivity index is 1.43. The molecule has 3 rings (SSSR count). The zero-order valence-corrected chi connectivity index (χ0v) is 17.6. The molecule has 0 unspecified atom stereocenters. The maximum absolute atomic E-state index is 11.1. The molecule has 0 atom stereocenters. The predicted octanol–water partition coefficient (Wildman–Crippen LogP) is 7.44. The van der Waals surface area contributed by atoms with Gasteiger partial charge in [0.2, 0.25) is 0 Å². The lowest BCUT2D eigenvalue weighted by atomic mass is 9.78. The summed E-state index contributed by atoms with van der Waals surface area (Å²) in [5, 5.41) is 9.15. The Morgan fingerprint density at radius 1 is 0.964 bits per heavy atom. The SMILES string of the molecule is CCCCCC1CCC(C=Cc2ccc(C3CCC(C(=O)O)CC3)cc2)CC1. The van der Waals surface area contributed by atoms with Gasteiger partial charge in [-0.25, -0.2) is 0 Å². The minimum Gasteiger partial charge on any atom is -0.481 e. The number of rotatable bonds is 8. The van der Waals surface area contributed by atoms with Crippen LogP contribution in [0.2, 0.25) is 0 Å². The summed E-state index contributed by atoms with van der Waals surface area (Å²) in [6.45, 7) is 2.29. The first kappa shape index (κ1) is 21.1. The monoisotopic (exact) mass is 382 g/mol. The van der Waals surface area contributed by atoms with Gasteiger partial charge in [-0.15, -0.1) is 0 Å². The maximum atomic E-state index is 11.1. The van der Waals surface area contributed by atoms with E-state index in [1.165, 1.54) is 62.5 Å². The van der Waals surface area contributed by atoms with Crippen LogP contribution in [0.1, 0.15) is 101 Å². The second-order valence-corrected chi connectivity index (χ2v) is 9.19. The van der Waals surface area contributed by atoms with E-state index < -0.39 is 5.97 Å². The third-order valence-corrected chi connectivity index (χ3v) is 7.15. The lowest BCUT2D eigenvalue weighted by molar-refractivity contribution is -0.142. The molecule has 2 aliphatic carbocycles. The van der Waals surface area contributed by atoms with Crippen molar-refractivity contribution in [3.05, 3.63) is 41.5 Å². The van der Waals surface area contributed by atoms with Gasteiger partial charge in [0.1, 0.15) is 0 Å². The fourth-order valence-corrected chi connectivity index (χ4v) is 5.15. The molecule has 2 heteroatoms. The van der Waals surface area contributed by atoms with E-state index in [-0.39, 0.29) is 5.92 Å². The van der Waals surface area contributed by atoms with Crippen LogP contribution in [0, 0.1) is 17.8 Å². The van der Waals surface area contributed by atoms with Crippen molar-refractivity contribution in [3.63, 3.8) is 0 Å². The van der Waals surface area contributed by atoms with Gasteiger partial charge in [0.15, 0.2) is 0 Å². The Morgan fingerprint density at radius 2 is 1.64 bits per heavy atom. The Hall–Kier alpha value is -1.57. The smallest absolute Gasteiger partial charge is 0.306 e. The fourth-order valence-electron chi connectivity index (χ4n) is 5.15. The third kappa shape index (κ3) is 6.22. The van der Waals surface area contributed by atoms with Crippen molar-refractivity contribution in [1.29, 1.82) is 0 Å². The molecule has 0 aromatic heterocycles. The molecule has 154 valence electrons. The summed E-state index contributed by atoms with van der Waals surface area (Å²) in [6, 6.07) is 9.00. The van der Waals surface area contributed by atoms with Crippen molar-refractivity contribution >= 4 is 12.0 Å². The van der Waals surface area contributed by atoms with Gasteiger partial charge in [-0.1, -0.05) is 69.0 Å². The first-order valence-electron chi connectivity index (χ1n) is 11.7. The quantitative estimate of drug-likeness (QED) is 0.474. The third-order valence-electron chi connectivity index (χ3n) is 7.15. The largest absolute Gasteiger partial charge is 0.481 e. The molecular formula is C26H38O2. The molecule has 0 amide bonds. The molecular weight excluding hydrogens is 344 g/mol. The van der Waals surface area contributed by atoms with E-state index in [1.54, 1.807) is 0 Å². The Morgan fingerprint density at radius 3 is 2.25 bits per heavy atom. The Bertz CT molecular complexity index is 614. The number of hydrogen-bond acceptors (Lipinski definition) is 1. The number of allylic oxidation sites excluding steroid dienone is 1. The molecule has 28 heavy (non-hydrogen) atoms. The molecule has 0 saturated heterocycles. The molecule has 0 spiro atoms. The van der Waals surface area contributed by atoms with E-state index in [4.69, 9.17) is 5.11 Å². The molecule has 2 saturated carbocycles. The first-order chi connectivity index (χ1) is 13.7. The van der Waals surface area contributed by atoms with Crippen molar-refractivity contribution in [2.45, 2.75) is 89.9 Å². The predicted molar refractivity (Wildman–Crippen MR) is 117 cm³/mol. The Labute approximate surface area is 171 Å². The zero-order valence-electron chi connectivity index (χ0n) is 17.6. The standard InChI is InChI=1S/C26H38O2/c1-2-3-4-5-20-6-8-21(9-7-20)10-11-22-12-14-23(15-13-22)24-16-18-25(19-17-24)26(27)28/h10-15,20-21,24-25H,2-9,16-19H2,1H3,(H,27,28). The number of unbranched alkanes of at least 4 members (excludes halogenated alkanes) is 2. The van der Waals surface area contributed by atoms with E-state index in [0.29, 0.717) is 5.92 Å². The van der Waals surface area contributed by atoms with Gasteiger partial charge in [-0.2, -0.15) is 0 Å². The van der Waals surface area contributed by atoms with E-state index in [1.807, 2.05) is 0 Å². The van der Waals surface area contributed by atoms with Crippen LogP contribution < -0.4 is 0 Å². The van der Waals surface area contributed by atoms with Gasteiger partial charge in [0.05, 0.1) is 5.92 Å². The van der Waals surface area contributed by atoms with Crippen molar-refractivity contribution in [1.82, 2.24) is 0 Å². The molecule has 0 heterocycles. The second kappa shape index (κ2) is 10.8. The number of carboxylic acid groups (broad SMARTS) is 1. The van der Waals surface area contributed by atoms with E-state index in [9.17, 15) is 4.79 Å². The number of carboxylic acids is 1. The van der Waals surface area contributed by atoms with Gasteiger partial charge in [0.25, 0.3) is 0 Å². The molecule has 1 N–H and O–H groups in total. The molecule has 2 nitrogen and oxygen atoms in total. The van der Waals surface area contributed by atoms with Crippen LogP contribution in [0.4, 0.5) is 0 Å². The number of hydrogen-bond donors (Lipinski definition) is 1. The number of benzene rings is 1. The van der Waals surface area contributed by atoms with Crippen LogP contribution in [0.25, 0.3) is 6.08 Å². The van der Waals surface area contributed by atoms with Crippen LogP contribution in [0.5, 0.6) is 0 Å². The highest BCUT2D eigenvalue weighted by Gasteiger charge is 2.26. The lowest BCUT2D eigenvalue weighted by Gasteiger charge is -2.27. The van der Waals surface area contributed by atoms with Crippen molar-refractivity contribution in [3.8, 4) is 0 Å². The van der Waals surface area contributed by atoms with Crippen LogP contribution >= 0.6 is 0 Å². The van der Waals surface area contributed by atoms with Crippen LogP contribution in [0.3, 0.4) is 0 Å². The molecule has 2 aliphatic rings. The molecule has 0 radical (unpaired) electrons.